The second kappa shape index (κ2) is 18.7. The fraction of sp³-hybridized carbons (Fsp3) is 0.350. The van der Waals surface area contributed by atoms with Crippen molar-refractivity contribution < 1.29 is 28.6 Å². The number of halogens is 1. The Kier molecular flexibility index (Phi) is 14.2. The van der Waals surface area contributed by atoms with E-state index in [2.05, 4.69) is 10.6 Å². The van der Waals surface area contributed by atoms with Crippen molar-refractivity contribution >= 4 is 11.8 Å². The van der Waals surface area contributed by atoms with E-state index in [4.69, 9.17) is 9.47 Å². The highest BCUT2D eigenvalue weighted by Crippen LogP contribution is 2.21. The molecule has 49 heavy (non-hydrogen) atoms. The molecule has 0 aliphatic heterocycles. The van der Waals surface area contributed by atoms with Gasteiger partial charge in [0.1, 0.15) is 23.9 Å². The highest BCUT2D eigenvalue weighted by Gasteiger charge is 2.24. The number of nitrogens with one attached hydrogen (secondary N) is 2. The monoisotopic (exact) mass is 669 g/mol. The van der Waals surface area contributed by atoms with E-state index in [1.54, 1.807) is 36.3 Å². The predicted octanol–water partition coefficient (Wildman–Crippen LogP) is 6.48. The molecule has 0 saturated carbocycles. The van der Waals surface area contributed by atoms with Crippen LogP contribution in [0, 0.1) is 12.7 Å². The Bertz CT molecular complexity index is 1660. The van der Waals surface area contributed by atoms with Crippen LogP contribution in [0.1, 0.15) is 69.7 Å². The summed E-state index contributed by atoms with van der Waals surface area (Å²) in [7, 11) is 1.60. The van der Waals surface area contributed by atoms with Crippen molar-refractivity contribution in [3.05, 3.63) is 130 Å². The highest BCUT2D eigenvalue weighted by molar-refractivity contribution is 6.00. The second-order valence-electron chi connectivity index (χ2n) is 12.3. The SMILES string of the molecule is CCCN(CCC)C(=O)c1cc(C)cc(C(=O)N[C@@H](Cc2cc(F)cc(OCc3ccccc3)c2)[C@H](O)CNCc2cccc(OC)c2)c1. The first-order valence-corrected chi connectivity index (χ1v) is 16.9. The molecule has 0 saturated heterocycles. The minimum absolute atomic E-state index is 0.123. The number of ether oxygens (including phenoxy) is 2. The first-order chi connectivity index (χ1) is 23.7. The molecule has 260 valence electrons. The molecule has 4 aromatic carbocycles. The fourth-order valence-electron chi connectivity index (χ4n) is 5.72. The number of carbonyl (C=O) groups is 2. The largest absolute Gasteiger partial charge is 0.497 e. The normalized spacial score (nSPS) is 12.2. The Morgan fingerprint density at radius 1 is 0.837 bits per heavy atom. The Morgan fingerprint density at radius 2 is 1.53 bits per heavy atom. The van der Waals surface area contributed by atoms with Gasteiger partial charge < -0.3 is 30.1 Å². The summed E-state index contributed by atoms with van der Waals surface area (Å²) in [5, 5.41) is 17.7. The van der Waals surface area contributed by atoms with Crippen molar-refractivity contribution in [1.82, 2.24) is 15.5 Å². The fourth-order valence-corrected chi connectivity index (χ4v) is 5.72. The summed E-state index contributed by atoms with van der Waals surface area (Å²) in [6.45, 7) is 8.03. The molecule has 0 bridgehead atoms. The quantitative estimate of drug-likeness (QED) is 0.112. The Hall–Kier alpha value is -4.73. The molecule has 8 nitrogen and oxygen atoms in total. The molecule has 4 rings (SSSR count). The van der Waals surface area contributed by atoms with Gasteiger partial charge in [-0.3, -0.25) is 9.59 Å². The summed E-state index contributed by atoms with van der Waals surface area (Å²) < 4.78 is 26.0. The highest BCUT2D eigenvalue weighted by atomic mass is 19.1. The molecule has 0 aliphatic rings. The molecular formula is C40H48FN3O5. The number of hydrogen-bond acceptors (Lipinski definition) is 6. The second-order valence-corrected chi connectivity index (χ2v) is 12.3. The van der Waals surface area contributed by atoms with E-state index in [1.807, 2.05) is 75.4 Å². The summed E-state index contributed by atoms with van der Waals surface area (Å²) in [5.41, 5.74) is 3.98. The lowest BCUT2D eigenvalue weighted by atomic mass is 9.99. The first-order valence-electron chi connectivity index (χ1n) is 16.9. The Balaban J connectivity index is 1.55. The number of hydrogen-bond donors (Lipinski definition) is 3. The van der Waals surface area contributed by atoms with Gasteiger partial charge in [-0.2, -0.15) is 0 Å². The third-order valence-corrected chi connectivity index (χ3v) is 8.09. The zero-order valence-corrected chi connectivity index (χ0v) is 28.9. The maximum atomic E-state index is 14.8. The van der Waals surface area contributed by atoms with Crippen molar-refractivity contribution in [2.75, 3.05) is 26.7 Å². The van der Waals surface area contributed by atoms with Gasteiger partial charge in [-0.1, -0.05) is 56.3 Å². The molecule has 9 heteroatoms. The maximum Gasteiger partial charge on any atom is 0.253 e. The van der Waals surface area contributed by atoms with Crippen molar-refractivity contribution in [1.29, 1.82) is 0 Å². The molecule has 2 atom stereocenters. The number of benzene rings is 4. The van der Waals surface area contributed by atoms with Gasteiger partial charge in [0, 0.05) is 43.4 Å². The van der Waals surface area contributed by atoms with E-state index in [0.29, 0.717) is 42.1 Å². The summed E-state index contributed by atoms with van der Waals surface area (Å²) in [5.74, 6) is 0.0264. The number of carbonyl (C=O) groups excluding carboxylic acids is 2. The molecule has 0 radical (unpaired) electrons. The first kappa shape index (κ1) is 37.1. The number of nitrogens with zero attached hydrogens (tertiary/aromatic N) is 1. The number of aliphatic hydroxyl groups excluding tert-OH is 1. The molecule has 4 aromatic rings. The molecule has 0 heterocycles. The number of aryl methyl sites for hydroxylation is 1. The van der Waals surface area contributed by atoms with Crippen LogP contribution in [0.25, 0.3) is 0 Å². The number of methoxy groups -OCH3 is 1. The van der Waals surface area contributed by atoms with Crippen LogP contribution in [0.2, 0.25) is 0 Å². The van der Waals surface area contributed by atoms with E-state index in [1.165, 1.54) is 12.1 Å². The average molecular weight is 670 g/mol. The lowest BCUT2D eigenvalue weighted by molar-refractivity contribution is 0.0755. The third kappa shape index (κ3) is 11.4. The summed E-state index contributed by atoms with van der Waals surface area (Å²) in [4.78, 5) is 29.0. The summed E-state index contributed by atoms with van der Waals surface area (Å²) in [6.07, 6.45) is 0.748. The Morgan fingerprint density at radius 3 is 2.24 bits per heavy atom. The number of aliphatic hydroxyl groups is 1. The van der Waals surface area contributed by atoms with E-state index < -0.39 is 23.9 Å². The van der Waals surface area contributed by atoms with Crippen LogP contribution in [0.15, 0.2) is 91.0 Å². The van der Waals surface area contributed by atoms with E-state index >= 15 is 0 Å². The number of amides is 2. The molecule has 2 amide bonds. The topological polar surface area (TPSA) is 100 Å². The van der Waals surface area contributed by atoms with E-state index in [9.17, 15) is 19.1 Å². The van der Waals surface area contributed by atoms with Gasteiger partial charge in [0.25, 0.3) is 11.8 Å². The molecule has 0 spiro atoms. The minimum atomic E-state index is -1.04. The zero-order chi connectivity index (χ0) is 35.2. The van der Waals surface area contributed by atoms with Crippen LogP contribution in [-0.2, 0) is 19.6 Å². The molecule has 0 unspecified atom stereocenters. The van der Waals surface area contributed by atoms with E-state index in [0.717, 1.165) is 35.3 Å². The van der Waals surface area contributed by atoms with Crippen molar-refractivity contribution in [2.24, 2.45) is 0 Å². The minimum Gasteiger partial charge on any atom is -0.497 e. The van der Waals surface area contributed by atoms with Crippen LogP contribution in [0.3, 0.4) is 0 Å². The van der Waals surface area contributed by atoms with Crippen molar-refractivity contribution in [2.45, 2.75) is 65.3 Å². The van der Waals surface area contributed by atoms with Gasteiger partial charge in [0.15, 0.2) is 0 Å². The molecule has 3 N–H and O–H groups in total. The van der Waals surface area contributed by atoms with Crippen LogP contribution in [0.5, 0.6) is 11.5 Å². The molecule has 0 aliphatic carbocycles. The van der Waals surface area contributed by atoms with Gasteiger partial charge in [0.2, 0.25) is 0 Å². The van der Waals surface area contributed by atoms with Crippen molar-refractivity contribution in [3.8, 4) is 11.5 Å². The third-order valence-electron chi connectivity index (χ3n) is 8.09. The van der Waals surface area contributed by atoms with Gasteiger partial charge in [0.05, 0.1) is 19.3 Å². The van der Waals surface area contributed by atoms with E-state index in [-0.39, 0.29) is 25.5 Å². The van der Waals surface area contributed by atoms with Gasteiger partial charge in [-0.15, -0.1) is 0 Å². The predicted molar refractivity (Wildman–Crippen MR) is 191 cm³/mol. The summed E-state index contributed by atoms with van der Waals surface area (Å²) in [6, 6.07) is 25.9. The average Bonchev–Trinajstić information content (AvgIpc) is 3.10. The van der Waals surface area contributed by atoms with Gasteiger partial charge >= 0.3 is 0 Å². The molecule has 0 aromatic heterocycles. The smallest absolute Gasteiger partial charge is 0.253 e. The lowest BCUT2D eigenvalue weighted by Crippen LogP contribution is -2.48. The van der Waals surface area contributed by atoms with Crippen LogP contribution < -0.4 is 20.1 Å². The Labute approximate surface area is 289 Å². The van der Waals surface area contributed by atoms with Crippen LogP contribution in [-0.4, -0.2) is 60.7 Å². The zero-order valence-electron chi connectivity index (χ0n) is 28.9. The van der Waals surface area contributed by atoms with Crippen LogP contribution in [0.4, 0.5) is 4.39 Å². The molecular weight excluding hydrogens is 621 g/mol. The summed E-state index contributed by atoms with van der Waals surface area (Å²) >= 11 is 0. The van der Waals surface area contributed by atoms with Crippen LogP contribution >= 0.6 is 0 Å². The van der Waals surface area contributed by atoms with Gasteiger partial charge in [-0.05, 0) is 90.9 Å². The maximum absolute atomic E-state index is 14.8. The van der Waals surface area contributed by atoms with Crippen molar-refractivity contribution in [3.63, 3.8) is 0 Å². The standard InChI is InChI=1S/C40H48FN3O5/c1-5-15-44(16-6-2)40(47)33-18-28(3)17-32(23-33)39(46)43-37(38(45)26-42-25-30-13-10-14-35(20-30)48-4)22-31-19-34(41)24-36(21-31)49-27-29-11-8-7-9-12-29/h7-14,17-21,23-24,37-38,42,45H,5-6,15-16,22,25-27H2,1-4H3,(H,43,46)/t37-,38+/m0/s1. The van der Waals surface area contributed by atoms with Gasteiger partial charge in [-0.25, -0.2) is 4.39 Å². The number of rotatable bonds is 18. The molecule has 0 fully saturated rings. The lowest BCUT2D eigenvalue weighted by Gasteiger charge is -2.26.